The number of alkyl halides is 4. The Labute approximate surface area is 114 Å². The Morgan fingerprint density at radius 3 is 2.53 bits per heavy atom. The first-order valence-electron chi connectivity index (χ1n) is 5.53. The van der Waals surface area contributed by atoms with Crippen LogP contribution in [-0.4, -0.2) is 24.4 Å². The molecule has 1 unspecified atom stereocenters. The van der Waals surface area contributed by atoms with Crippen molar-refractivity contribution in [2.75, 3.05) is 13.2 Å². The third-order valence-electron chi connectivity index (χ3n) is 3.26. The lowest BCUT2D eigenvalue weighted by atomic mass is 10.0. The summed E-state index contributed by atoms with van der Waals surface area (Å²) >= 11 is 3.10. The van der Waals surface area contributed by atoms with E-state index in [4.69, 9.17) is 9.47 Å². The highest BCUT2D eigenvalue weighted by Crippen LogP contribution is 2.51. The van der Waals surface area contributed by atoms with Gasteiger partial charge in [-0.05, 0) is 21.5 Å². The van der Waals surface area contributed by atoms with Crippen LogP contribution in [0, 0.1) is 0 Å². The second-order valence-corrected chi connectivity index (χ2v) is 5.20. The van der Waals surface area contributed by atoms with Crippen LogP contribution in [0.5, 0.6) is 0 Å². The molecule has 3 rings (SSSR count). The number of nitrogens with zero attached hydrogens (tertiary/aromatic N) is 1. The van der Waals surface area contributed by atoms with Crippen molar-refractivity contribution in [2.24, 2.45) is 0 Å². The Kier molecular flexibility index (Phi) is 2.88. The fourth-order valence-electron chi connectivity index (χ4n) is 2.54. The van der Waals surface area contributed by atoms with Gasteiger partial charge in [0.2, 0.25) is 5.79 Å². The monoisotopic (exact) mass is 341 g/mol. The van der Waals surface area contributed by atoms with E-state index in [1.807, 2.05) is 0 Å². The highest BCUT2D eigenvalue weighted by atomic mass is 79.9. The summed E-state index contributed by atoms with van der Waals surface area (Å²) in [5.41, 5.74) is -1.27. The topological polar surface area (TPSA) is 31.4 Å². The molecule has 1 atom stereocenters. The zero-order chi connectivity index (χ0) is 13.8. The molecule has 0 saturated carbocycles. The number of fused-ring (bicyclic) bond motifs is 2. The van der Waals surface area contributed by atoms with Gasteiger partial charge in [0.1, 0.15) is 0 Å². The van der Waals surface area contributed by atoms with Gasteiger partial charge in [-0.15, -0.1) is 0 Å². The average Bonchev–Trinajstić information content (AvgIpc) is 2.89. The van der Waals surface area contributed by atoms with Crippen LogP contribution in [0.25, 0.3) is 0 Å². The predicted molar refractivity (Wildman–Crippen MR) is 59.1 cm³/mol. The van der Waals surface area contributed by atoms with Crippen LogP contribution in [-0.2, 0) is 27.9 Å². The van der Waals surface area contributed by atoms with Crippen molar-refractivity contribution < 1.29 is 27.0 Å². The molecule has 1 fully saturated rings. The van der Waals surface area contributed by atoms with E-state index in [0.29, 0.717) is 4.47 Å². The van der Waals surface area contributed by atoms with Gasteiger partial charge in [0.15, 0.2) is 11.9 Å². The molecule has 8 heteroatoms. The molecule has 0 aromatic carbocycles. The summed E-state index contributed by atoms with van der Waals surface area (Å²) in [4.78, 5) is 3.38. The molecule has 1 aliphatic heterocycles. The minimum Gasteiger partial charge on any atom is -0.341 e. The molecule has 0 N–H and O–H groups in total. The SMILES string of the molecule is FC1Cc2c(Br)cnc(C(F)(F)F)c2C12OCCO2. The van der Waals surface area contributed by atoms with E-state index in [1.165, 1.54) is 0 Å². The number of ether oxygens (including phenoxy) is 2. The molecule has 2 aliphatic rings. The van der Waals surface area contributed by atoms with Crippen molar-refractivity contribution in [1.29, 1.82) is 0 Å². The number of aromatic nitrogens is 1. The van der Waals surface area contributed by atoms with Crippen LogP contribution in [0.2, 0.25) is 0 Å². The molecule has 3 nitrogen and oxygen atoms in total. The number of halogens is 5. The van der Waals surface area contributed by atoms with E-state index < -0.39 is 23.8 Å². The van der Waals surface area contributed by atoms with Crippen LogP contribution < -0.4 is 0 Å². The fraction of sp³-hybridized carbons (Fsp3) is 0.545. The highest BCUT2D eigenvalue weighted by molar-refractivity contribution is 9.10. The molecule has 1 spiro atoms. The Morgan fingerprint density at radius 1 is 1.32 bits per heavy atom. The predicted octanol–water partition coefficient (Wildman–Crippen LogP) is 2.96. The molecule has 1 aliphatic carbocycles. The molecule has 1 saturated heterocycles. The van der Waals surface area contributed by atoms with Crippen molar-refractivity contribution in [1.82, 2.24) is 4.98 Å². The largest absolute Gasteiger partial charge is 0.433 e. The minimum atomic E-state index is -4.68. The molecule has 104 valence electrons. The maximum Gasteiger partial charge on any atom is 0.433 e. The summed E-state index contributed by atoms with van der Waals surface area (Å²) in [5.74, 6) is -1.96. The number of hydrogen-bond donors (Lipinski definition) is 0. The van der Waals surface area contributed by atoms with Crippen molar-refractivity contribution >= 4 is 15.9 Å². The maximum atomic E-state index is 14.2. The molecule has 0 amide bonds. The van der Waals surface area contributed by atoms with E-state index >= 15 is 0 Å². The second kappa shape index (κ2) is 4.13. The summed E-state index contributed by atoms with van der Waals surface area (Å²) in [6.07, 6.45) is -5.52. The van der Waals surface area contributed by atoms with Crippen molar-refractivity contribution in [3.05, 3.63) is 27.5 Å². The molecular formula is C11H8BrF4NO2. The summed E-state index contributed by atoms with van der Waals surface area (Å²) < 4.78 is 63.9. The van der Waals surface area contributed by atoms with E-state index in [0.717, 1.165) is 6.20 Å². The van der Waals surface area contributed by atoms with Gasteiger partial charge in [-0.25, -0.2) is 4.39 Å². The Morgan fingerprint density at radius 2 is 1.95 bits per heavy atom. The summed E-state index contributed by atoms with van der Waals surface area (Å²) in [6.45, 7) is 0.118. The van der Waals surface area contributed by atoms with Crippen LogP contribution in [0.4, 0.5) is 17.6 Å². The van der Waals surface area contributed by atoms with Crippen molar-refractivity contribution in [2.45, 2.75) is 24.6 Å². The molecule has 1 aromatic rings. The van der Waals surface area contributed by atoms with Crippen molar-refractivity contribution in [3.8, 4) is 0 Å². The van der Waals surface area contributed by atoms with Gasteiger partial charge in [0, 0.05) is 22.7 Å². The van der Waals surface area contributed by atoms with Gasteiger partial charge in [0.05, 0.1) is 13.2 Å². The number of hydrogen-bond acceptors (Lipinski definition) is 3. The van der Waals surface area contributed by atoms with Crippen LogP contribution in [0.15, 0.2) is 10.7 Å². The van der Waals surface area contributed by atoms with Crippen LogP contribution >= 0.6 is 15.9 Å². The summed E-state index contributed by atoms with van der Waals surface area (Å²) in [5, 5.41) is 0. The minimum absolute atomic E-state index is 0.0592. The molecule has 2 heterocycles. The smallest absolute Gasteiger partial charge is 0.341 e. The number of rotatable bonds is 0. The molecular weight excluding hydrogens is 334 g/mol. The molecule has 19 heavy (non-hydrogen) atoms. The normalized spacial score (nSPS) is 25.0. The Hall–Kier alpha value is -0.730. The van der Waals surface area contributed by atoms with Crippen LogP contribution in [0.3, 0.4) is 0 Å². The van der Waals surface area contributed by atoms with Crippen LogP contribution in [0.1, 0.15) is 16.8 Å². The van der Waals surface area contributed by atoms with Gasteiger partial charge in [-0.1, -0.05) is 0 Å². The van der Waals surface area contributed by atoms with E-state index in [9.17, 15) is 17.6 Å². The standard InChI is InChI=1S/C11H8BrF4NO2/c12-6-4-17-9(11(14,15)16)8-5(6)3-7(13)10(8)18-1-2-19-10/h4,7H,1-3H2. The summed E-state index contributed by atoms with van der Waals surface area (Å²) in [6, 6.07) is 0. The highest BCUT2D eigenvalue weighted by Gasteiger charge is 2.58. The lowest BCUT2D eigenvalue weighted by Crippen LogP contribution is -2.36. The Balaban J connectivity index is 2.27. The lowest BCUT2D eigenvalue weighted by Gasteiger charge is -2.27. The first-order chi connectivity index (χ1) is 8.86. The van der Waals surface area contributed by atoms with E-state index in [-0.39, 0.29) is 30.8 Å². The zero-order valence-electron chi connectivity index (χ0n) is 9.43. The second-order valence-electron chi connectivity index (χ2n) is 4.34. The summed E-state index contributed by atoms with van der Waals surface area (Å²) in [7, 11) is 0. The average molecular weight is 342 g/mol. The van der Waals surface area contributed by atoms with Gasteiger partial charge in [-0.3, -0.25) is 4.98 Å². The molecule has 0 bridgehead atoms. The lowest BCUT2D eigenvalue weighted by molar-refractivity contribution is -0.207. The molecule has 0 radical (unpaired) electrons. The van der Waals surface area contributed by atoms with Gasteiger partial charge < -0.3 is 9.47 Å². The first-order valence-corrected chi connectivity index (χ1v) is 6.32. The fourth-order valence-corrected chi connectivity index (χ4v) is 3.00. The number of pyridine rings is 1. The Bertz CT molecular complexity index is 528. The van der Waals surface area contributed by atoms with Gasteiger partial charge in [-0.2, -0.15) is 13.2 Å². The zero-order valence-corrected chi connectivity index (χ0v) is 11.0. The quantitative estimate of drug-likeness (QED) is 0.680. The maximum absolute atomic E-state index is 14.2. The van der Waals surface area contributed by atoms with Crippen molar-refractivity contribution in [3.63, 3.8) is 0 Å². The van der Waals surface area contributed by atoms with E-state index in [1.54, 1.807) is 0 Å². The third-order valence-corrected chi connectivity index (χ3v) is 3.95. The first kappa shape index (κ1) is 13.3. The van der Waals surface area contributed by atoms with E-state index in [2.05, 4.69) is 20.9 Å². The van der Waals surface area contributed by atoms with Gasteiger partial charge in [0.25, 0.3) is 0 Å². The molecule has 1 aromatic heterocycles. The third kappa shape index (κ3) is 1.80. The van der Waals surface area contributed by atoms with Gasteiger partial charge >= 0.3 is 6.18 Å².